The predicted molar refractivity (Wildman–Crippen MR) is 101 cm³/mol. The lowest BCUT2D eigenvalue weighted by Gasteiger charge is -2.26. The van der Waals surface area contributed by atoms with Gasteiger partial charge in [-0.05, 0) is 31.0 Å². The van der Waals surface area contributed by atoms with Crippen LogP contribution < -0.4 is 11.1 Å². The van der Waals surface area contributed by atoms with Crippen molar-refractivity contribution in [3.8, 4) is 0 Å². The molecule has 0 saturated heterocycles. The number of rotatable bonds is 5. The van der Waals surface area contributed by atoms with Gasteiger partial charge in [-0.15, -0.1) is 24.8 Å². The molecule has 0 bridgehead atoms. The van der Waals surface area contributed by atoms with Crippen LogP contribution in [0.2, 0.25) is 5.02 Å². The molecule has 0 aliphatic heterocycles. The van der Waals surface area contributed by atoms with Gasteiger partial charge in [0.2, 0.25) is 0 Å². The van der Waals surface area contributed by atoms with Crippen LogP contribution >= 0.6 is 36.4 Å². The lowest BCUT2D eigenvalue weighted by atomic mass is 9.94. The molecule has 0 aliphatic rings. The molecule has 2 aromatic rings. The number of amides is 1. The van der Waals surface area contributed by atoms with Gasteiger partial charge in [0.25, 0.3) is 5.91 Å². The summed E-state index contributed by atoms with van der Waals surface area (Å²) in [6.07, 6.45) is 3.27. The lowest BCUT2D eigenvalue weighted by molar-refractivity contribution is 0.0943. The van der Waals surface area contributed by atoms with E-state index in [0.717, 1.165) is 18.2 Å². The number of nitrogens with two attached hydrogens (primary N) is 1. The minimum absolute atomic E-state index is 0. The molecule has 0 saturated carbocycles. The fraction of sp³-hybridized carbons (Fsp3) is 0.375. The van der Waals surface area contributed by atoms with E-state index in [-0.39, 0.29) is 36.3 Å². The Hall–Kier alpha value is -1.07. The van der Waals surface area contributed by atoms with Gasteiger partial charge in [-0.3, -0.25) is 9.78 Å². The quantitative estimate of drug-likeness (QED) is 0.827. The standard InChI is InChI=1S/C16H20ClN3O.2ClH/c1-3-16(18,4-2)10-20-15(21)13-9-12(17)8-11-6-5-7-19-14(11)13;;/h5-9H,3-4,10,18H2,1-2H3,(H,20,21);2*1H. The number of halogens is 3. The first-order valence-corrected chi connectivity index (χ1v) is 7.48. The summed E-state index contributed by atoms with van der Waals surface area (Å²) in [5.74, 6) is -0.196. The van der Waals surface area contributed by atoms with Gasteiger partial charge in [-0.2, -0.15) is 0 Å². The normalized spacial score (nSPS) is 10.6. The van der Waals surface area contributed by atoms with Crippen LogP contribution in [0, 0.1) is 0 Å². The maximum atomic E-state index is 12.4. The van der Waals surface area contributed by atoms with E-state index in [4.69, 9.17) is 17.3 Å². The Balaban J connectivity index is 0.00000242. The van der Waals surface area contributed by atoms with Gasteiger partial charge in [-0.1, -0.05) is 31.5 Å². The van der Waals surface area contributed by atoms with E-state index in [1.165, 1.54) is 0 Å². The third-order valence-electron chi connectivity index (χ3n) is 3.92. The Morgan fingerprint density at radius 2 is 1.96 bits per heavy atom. The smallest absolute Gasteiger partial charge is 0.253 e. The number of nitrogens with one attached hydrogen (secondary N) is 1. The highest BCUT2D eigenvalue weighted by molar-refractivity contribution is 6.32. The summed E-state index contributed by atoms with van der Waals surface area (Å²) in [5, 5.41) is 4.26. The topological polar surface area (TPSA) is 68.0 Å². The summed E-state index contributed by atoms with van der Waals surface area (Å²) in [6, 6.07) is 7.14. The van der Waals surface area contributed by atoms with E-state index in [9.17, 15) is 4.79 Å². The summed E-state index contributed by atoms with van der Waals surface area (Å²) in [6.45, 7) is 4.47. The molecule has 7 heteroatoms. The fourth-order valence-electron chi connectivity index (χ4n) is 2.18. The Morgan fingerprint density at radius 1 is 1.30 bits per heavy atom. The maximum absolute atomic E-state index is 12.4. The largest absolute Gasteiger partial charge is 0.350 e. The zero-order valence-corrected chi connectivity index (χ0v) is 15.5. The van der Waals surface area contributed by atoms with Crippen molar-refractivity contribution in [3.05, 3.63) is 41.0 Å². The highest BCUT2D eigenvalue weighted by Gasteiger charge is 2.22. The van der Waals surface area contributed by atoms with Crippen molar-refractivity contribution in [2.75, 3.05) is 6.54 Å². The van der Waals surface area contributed by atoms with Crippen LogP contribution in [0.15, 0.2) is 30.5 Å². The number of pyridine rings is 1. The Kier molecular flexibility index (Phi) is 8.85. The van der Waals surface area contributed by atoms with E-state index >= 15 is 0 Å². The number of carbonyl (C=O) groups excluding carboxylic acids is 1. The van der Waals surface area contributed by atoms with Crippen molar-refractivity contribution in [2.24, 2.45) is 5.73 Å². The number of carbonyl (C=O) groups is 1. The molecule has 2 rings (SSSR count). The summed E-state index contributed by atoms with van der Waals surface area (Å²) in [4.78, 5) is 16.7. The van der Waals surface area contributed by atoms with E-state index in [1.807, 2.05) is 26.0 Å². The molecule has 0 unspecified atom stereocenters. The van der Waals surface area contributed by atoms with E-state index in [2.05, 4.69) is 10.3 Å². The number of hydrogen-bond donors (Lipinski definition) is 2. The molecule has 1 aromatic carbocycles. The van der Waals surface area contributed by atoms with Gasteiger partial charge < -0.3 is 11.1 Å². The zero-order chi connectivity index (χ0) is 15.5. The van der Waals surface area contributed by atoms with Crippen LogP contribution in [-0.2, 0) is 0 Å². The molecule has 0 radical (unpaired) electrons. The first-order chi connectivity index (χ1) is 9.99. The molecule has 3 N–H and O–H groups in total. The zero-order valence-electron chi connectivity index (χ0n) is 13.1. The third kappa shape index (κ3) is 5.21. The Morgan fingerprint density at radius 3 is 2.57 bits per heavy atom. The van der Waals surface area contributed by atoms with Crippen molar-refractivity contribution < 1.29 is 4.79 Å². The highest BCUT2D eigenvalue weighted by atomic mass is 35.5. The summed E-state index contributed by atoms with van der Waals surface area (Å²) >= 11 is 6.08. The van der Waals surface area contributed by atoms with Crippen molar-refractivity contribution in [1.82, 2.24) is 10.3 Å². The molecule has 1 aromatic heterocycles. The van der Waals surface area contributed by atoms with Crippen LogP contribution in [0.25, 0.3) is 10.9 Å². The SMILES string of the molecule is CCC(N)(CC)CNC(=O)c1cc(Cl)cc2cccnc12.Cl.Cl. The van der Waals surface area contributed by atoms with Gasteiger partial charge in [0.1, 0.15) is 0 Å². The molecule has 23 heavy (non-hydrogen) atoms. The van der Waals surface area contributed by atoms with Gasteiger partial charge >= 0.3 is 0 Å². The van der Waals surface area contributed by atoms with Gasteiger partial charge in [0, 0.05) is 28.7 Å². The van der Waals surface area contributed by atoms with Crippen molar-refractivity contribution >= 4 is 53.2 Å². The van der Waals surface area contributed by atoms with Gasteiger partial charge in [-0.25, -0.2) is 0 Å². The Bertz CT molecular complexity index is 660. The highest BCUT2D eigenvalue weighted by Crippen LogP contribution is 2.22. The molecule has 0 aliphatic carbocycles. The minimum Gasteiger partial charge on any atom is -0.350 e. The van der Waals surface area contributed by atoms with Gasteiger partial charge in [0.15, 0.2) is 0 Å². The van der Waals surface area contributed by atoms with Crippen molar-refractivity contribution in [1.29, 1.82) is 0 Å². The number of benzene rings is 1. The third-order valence-corrected chi connectivity index (χ3v) is 4.14. The average Bonchev–Trinajstić information content (AvgIpc) is 2.51. The Labute approximate surface area is 154 Å². The summed E-state index contributed by atoms with van der Waals surface area (Å²) in [5.41, 5.74) is 6.96. The van der Waals surface area contributed by atoms with Crippen LogP contribution in [-0.4, -0.2) is 23.0 Å². The fourth-order valence-corrected chi connectivity index (χ4v) is 2.41. The summed E-state index contributed by atoms with van der Waals surface area (Å²) < 4.78 is 0. The van der Waals surface area contributed by atoms with E-state index in [0.29, 0.717) is 22.6 Å². The molecule has 0 atom stereocenters. The van der Waals surface area contributed by atoms with Gasteiger partial charge in [0.05, 0.1) is 11.1 Å². The second-order valence-corrected chi connectivity index (χ2v) is 5.72. The van der Waals surface area contributed by atoms with Crippen LogP contribution in [0.4, 0.5) is 0 Å². The first kappa shape index (κ1) is 21.9. The number of fused-ring (bicyclic) bond motifs is 1. The van der Waals surface area contributed by atoms with Crippen LogP contribution in [0.1, 0.15) is 37.0 Å². The number of hydrogen-bond acceptors (Lipinski definition) is 3. The average molecular weight is 379 g/mol. The van der Waals surface area contributed by atoms with Crippen LogP contribution in [0.3, 0.4) is 0 Å². The molecule has 0 fully saturated rings. The van der Waals surface area contributed by atoms with E-state index in [1.54, 1.807) is 18.3 Å². The molecule has 1 heterocycles. The molecule has 0 spiro atoms. The monoisotopic (exact) mass is 377 g/mol. The molecule has 4 nitrogen and oxygen atoms in total. The minimum atomic E-state index is -0.378. The number of nitrogens with zero attached hydrogens (tertiary/aromatic N) is 1. The first-order valence-electron chi connectivity index (χ1n) is 7.10. The second-order valence-electron chi connectivity index (χ2n) is 5.28. The molecule has 128 valence electrons. The predicted octanol–water partition coefficient (Wildman–Crippen LogP) is 3.98. The molecule has 1 amide bonds. The van der Waals surface area contributed by atoms with Crippen molar-refractivity contribution in [2.45, 2.75) is 32.2 Å². The van der Waals surface area contributed by atoms with Crippen molar-refractivity contribution in [3.63, 3.8) is 0 Å². The van der Waals surface area contributed by atoms with E-state index < -0.39 is 0 Å². The maximum Gasteiger partial charge on any atom is 0.253 e. The number of aromatic nitrogens is 1. The van der Waals surface area contributed by atoms with Crippen LogP contribution in [0.5, 0.6) is 0 Å². The lowest BCUT2D eigenvalue weighted by Crippen LogP contribution is -2.49. The second kappa shape index (κ2) is 9.28. The molecular formula is C16H22Cl3N3O. The summed E-state index contributed by atoms with van der Waals surface area (Å²) in [7, 11) is 0. The molecular weight excluding hydrogens is 357 g/mol.